The van der Waals surface area contributed by atoms with Crippen molar-refractivity contribution in [3.05, 3.63) is 197 Å². The van der Waals surface area contributed by atoms with E-state index in [2.05, 4.69) is 125 Å². The number of benzene rings is 6. The van der Waals surface area contributed by atoms with Crippen LogP contribution in [0.1, 0.15) is 30.7 Å². The van der Waals surface area contributed by atoms with Gasteiger partial charge in [-0.25, -0.2) is 8.42 Å². The van der Waals surface area contributed by atoms with Gasteiger partial charge in [-0.3, -0.25) is 0 Å². The van der Waals surface area contributed by atoms with Gasteiger partial charge in [0.1, 0.15) is 46.1 Å². The van der Waals surface area contributed by atoms with Crippen LogP contribution in [0.2, 0.25) is 0 Å². The molecule has 0 amide bonds. The van der Waals surface area contributed by atoms with Crippen LogP contribution in [0.25, 0.3) is 38.5 Å². The van der Waals surface area contributed by atoms with Crippen molar-refractivity contribution in [1.82, 2.24) is 0 Å². The number of rotatable bonds is 25. The van der Waals surface area contributed by atoms with Gasteiger partial charge in [-0.15, -0.1) is 0 Å². The molecule has 0 bridgehead atoms. The average Bonchev–Trinajstić information content (AvgIpc) is 4.03. The second kappa shape index (κ2) is 26.1. The molecule has 0 fully saturated rings. The van der Waals surface area contributed by atoms with Gasteiger partial charge in [0.05, 0.1) is 61.9 Å². The Morgan fingerprint density at radius 1 is 0.592 bits per heavy atom. The van der Waals surface area contributed by atoms with Gasteiger partial charge in [-0.05, 0) is 131 Å². The zero-order valence-electron chi connectivity index (χ0n) is 42.4. The predicted molar refractivity (Wildman–Crippen MR) is 302 cm³/mol. The molecule has 0 radical (unpaired) electrons. The maximum atomic E-state index is 11.2. The number of aromatic nitrogens is 1. The van der Waals surface area contributed by atoms with Crippen molar-refractivity contribution in [2.75, 3.05) is 77.5 Å². The Balaban J connectivity index is 0.805. The number of hydrogen-bond acceptors (Lipinski definition) is 12. The van der Waals surface area contributed by atoms with Crippen molar-refractivity contribution in [1.29, 1.82) is 0 Å². The molecule has 14 heteroatoms. The van der Waals surface area contributed by atoms with Gasteiger partial charge in [0.15, 0.2) is 6.54 Å². The number of ether oxygens (including phenoxy) is 6. The number of hydrogen-bond donors (Lipinski definition) is 0. The minimum Gasteiger partial charge on any atom is -0.744 e. The lowest BCUT2D eigenvalue weighted by atomic mass is 9.77. The van der Waals surface area contributed by atoms with E-state index in [1.165, 1.54) is 94.1 Å². The van der Waals surface area contributed by atoms with E-state index in [0.717, 1.165) is 38.0 Å². The van der Waals surface area contributed by atoms with Gasteiger partial charge in [0, 0.05) is 23.6 Å². The standard InChI is InChI=1S/C62H62N2O9S3/c65-76(66,67)56-24-22-55(23-25-56)73-39-37-71-35-33-69-31-29-64-58-45-52(49-12-6-2-7-13-49)21-27-60(58)75-62(64)43-47-17-19-50-18-16-46(40-53(50)41-47)42-61-63(28-30-68-32-34-70-36-38-72-54-14-8-3-9-15-54)57-44-51(20-26-59(57)74-61)48-10-4-1-5-11-48/h1-15,20-27,40-45,50H,16-19,28-39H2. The molecule has 0 N–H and O–H groups in total. The Morgan fingerprint density at radius 3 is 1.87 bits per heavy atom. The first-order valence-electron chi connectivity index (χ1n) is 26.0. The monoisotopic (exact) mass is 1070 g/mol. The number of allylic oxidation sites excluding steroid dienone is 6. The summed E-state index contributed by atoms with van der Waals surface area (Å²) in [4.78, 5) is 3.34. The molecule has 1 aliphatic heterocycles. The average molecular weight is 1080 g/mol. The zero-order chi connectivity index (χ0) is 51.9. The Bertz CT molecular complexity index is 3290. The van der Waals surface area contributed by atoms with Crippen LogP contribution in [0.5, 0.6) is 11.5 Å². The highest BCUT2D eigenvalue weighted by Crippen LogP contribution is 2.49. The second-order valence-electron chi connectivity index (χ2n) is 18.7. The summed E-state index contributed by atoms with van der Waals surface area (Å²) in [5, 5.41) is 2.42. The summed E-state index contributed by atoms with van der Waals surface area (Å²) >= 11 is 3.66. The molecule has 11 nitrogen and oxygen atoms in total. The van der Waals surface area contributed by atoms with Gasteiger partial charge in [0.25, 0.3) is 5.01 Å². The molecule has 1 aromatic heterocycles. The van der Waals surface area contributed by atoms with Crippen LogP contribution >= 0.6 is 23.1 Å². The highest BCUT2D eigenvalue weighted by Gasteiger charge is 2.29. The lowest BCUT2D eigenvalue weighted by Crippen LogP contribution is -2.37. The van der Waals surface area contributed by atoms with Crippen LogP contribution in [0.3, 0.4) is 0 Å². The summed E-state index contributed by atoms with van der Waals surface area (Å²) in [6.45, 7) is 5.96. The molecule has 76 heavy (non-hydrogen) atoms. The van der Waals surface area contributed by atoms with E-state index in [1.54, 1.807) is 0 Å². The molecule has 0 spiro atoms. The molecule has 2 aliphatic carbocycles. The SMILES string of the molecule is O=S(=O)([O-])c1ccc(OCCOCCOCCN2C(=CC3=CC4=CC(=Cc5sc6ccc(-c7ccccc7)cc6[n+]5CCOCCOCCOc5ccccc5)CCC4CC3)Sc3ccc(-c4ccccc4)cc32)cc1. The Kier molecular flexibility index (Phi) is 18.3. The fourth-order valence-corrected chi connectivity index (χ4v) is 12.4. The van der Waals surface area contributed by atoms with Crippen molar-refractivity contribution in [2.24, 2.45) is 5.92 Å². The van der Waals surface area contributed by atoms with Crippen molar-refractivity contribution in [3.8, 4) is 33.8 Å². The summed E-state index contributed by atoms with van der Waals surface area (Å²) < 4.78 is 72.7. The van der Waals surface area contributed by atoms with Crippen LogP contribution in [0.15, 0.2) is 201 Å². The molecular weight excluding hydrogens is 1010 g/mol. The quantitative estimate of drug-likeness (QED) is 0.0309. The number of thioether (sulfide) groups is 1. The number of fused-ring (bicyclic) bond motifs is 3. The number of thiazole rings is 1. The highest BCUT2D eigenvalue weighted by atomic mass is 32.2. The van der Waals surface area contributed by atoms with E-state index in [4.69, 9.17) is 28.4 Å². The maximum Gasteiger partial charge on any atom is 0.263 e. The van der Waals surface area contributed by atoms with Crippen molar-refractivity contribution in [2.45, 2.75) is 42.0 Å². The van der Waals surface area contributed by atoms with Crippen LogP contribution in [0.4, 0.5) is 5.69 Å². The first-order chi connectivity index (χ1) is 37.3. The second-order valence-corrected chi connectivity index (χ2v) is 22.2. The van der Waals surface area contributed by atoms with Gasteiger partial charge in [0.2, 0.25) is 5.52 Å². The third-order valence-corrected chi connectivity index (χ3v) is 16.6. The third kappa shape index (κ3) is 14.2. The topological polar surface area (TPSA) is 120 Å². The third-order valence-electron chi connectivity index (χ3n) is 13.5. The molecule has 392 valence electrons. The molecule has 0 saturated carbocycles. The van der Waals surface area contributed by atoms with Gasteiger partial charge < -0.3 is 37.9 Å². The first-order valence-corrected chi connectivity index (χ1v) is 29.0. The van der Waals surface area contributed by atoms with E-state index in [0.29, 0.717) is 77.7 Å². The minimum atomic E-state index is -4.50. The van der Waals surface area contributed by atoms with E-state index in [1.807, 2.05) is 59.5 Å². The van der Waals surface area contributed by atoms with Crippen LogP contribution in [-0.4, -0.2) is 85.6 Å². The largest absolute Gasteiger partial charge is 0.744 e. The summed E-state index contributed by atoms with van der Waals surface area (Å²) in [7, 11) is -4.50. The number of nitrogens with zero attached hydrogens (tertiary/aromatic N) is 2. The molecule has 1 atom stereocenters. The van der Waals surface area contributed by atoms with E-state index < -0.39 is 10.1 Å². The predicted octanol–water partition coefficient (Wildman–Crippen LogP) is 12.5. The Hall–Kier alpha value is -6.33. The lowest BCUT2D eigenvalue weighted by Gasteiger charge is -2.29. The fraction of sp³-hybridized carbons (Fsp3) is 0.274. The summed E-state index contributed by atoms with van der Waals surface area (Å²) in [6, 6.07) is 49.9. The maximum absolute atomic E-state index is 11.2. The lowest BCUT2D eigenvalue weighted by molar-refractivity contribution is -0.670. The van der Waals surface area contributed by atoms with Crippen LogP contribution in [0, 0.1) is 5.92 Å². The molecule has 2 heterocycles. The van der Waals surface area contributed by atoms with Gasteiger partial charge in [-0.1, -0.05) is 126 Å². The zero-order valence-corrected chi connectivity index (χ0v) is 44.9. The Labute approximate surface area is 454 Å². The van der Waals surface area contributed by atoms with Crippen LogP contribution in [-0.2, 0) is 35.6 Å². The van der Waals surface area contributed by atoms with E-state index in [-0.39, 0.29) is 11.5 Å². The van der Waals surface area contributed by atoms with Crippen molar-refractivity contribution < 1.29 is 46.0 Å². The number of anilines is 1. The Morgan fingerprint density at radius 2 is 1.18 bits per heavy atom. The fourth-order valence-electron chi connectivity index (χ4n) is 9.66. The van der Waals surface area contributed by atoms with E-state index in [9.17, 15) is 13.0 Å². The summed E-state index contributed by atoms with van der Waals surface area (Å²) in [5.74, 6) is 1.85. The molecule has 0 saturated heterocycles. The van der Waals surface area contributed by atoms with Gasteiger partial charge >= 0.3 is 0 Å². The summed E-state index contributed by atoms with van der Waals surface area (Å²) in [5.41, 5.74) is 11.3. The normalized spacial score (nSPS) is 16.4. The molecule has 6 aromatic carbocycles. The molecule has 7 aromatic rings. The molecule has 3 aliphatic rings. The smallest absolute Gasteiger partial charge is 0.263 e. The minimum absolute atomic E-state index is 0.275. The van der Waals surface area contributed by atoms with Crippen LogP contribution < -0.4 is 18.9 Å². The highest BCUT2D eigenvalue weighted by molar-refractivity contribution is 8.03. The molecular formula is C62H62N2O9S3. The summed E-state index contributed by atoms with van der Waals surface area (Å²) in [6.07, 6.45) is 14.0. The molecule has 10 rings (SSSR count). The van der Waals surface area contributed by atoms with Gasteiger partial charge in [-0.2, -0.15) is 4.57 Å². The van der Waals surface area contributed by atoms with Crippen molar-refractivity contribution >= 4 is 55.2 Å². The van der Waals surface area contributed by atoms with E-state index >= 15 is 0 Å². The first kappa shape index (κ1) is 53.1. The molecule has 1 unspecified atom stereocenters. The number of para-hydroxylation sites is 1. The van der Waals surface area contributed by atoms with Crippen molar-refractivity contribution in [3.63, 3.8) is 0 Å².